The molecular formula is C18H19NO7. The Labute approximate surface area is 148 Å². The first-order valence-electron chi connectivity index (χ1n) is 7.91. The lowest BCUT2D eigenvalue weighted by atomic mass is 9.95. The third kappa shape index (κ3) is 5.18. The number of aromatic hydroxyl groups is 1. The third-order valence-electron chi connectivity index (χ3n) is 3.83. The zero-order valence-corrected chi connectivity index (χ0v) is 13.8. The minimum absolute atomic E-state index is 0.00518. The number of amides is 1. The fourth-order valence-corrected chi connectivity index (χ4v) is 2.47. The Morgan fingerprint density at radius 3 is 2.46 bits per heavy atom. The van der Waals surface area contributed by atoms with Crippen molar-refractivity contribution < 1.29 is 29.3 Å². The van der Waals surface area contributed by atoms with Crippen molar-refractivity contribution in [3.05, 3.63) is 64.2 Å². The van der Waals surface area contributed by atoms with Crippen LogP contribution in [0.3, 0.4) is 0 Å². The monoisotopic (exact) mass is 361 g/mol. The second kappa shape index (κ2) is 8.82. The number of carbonyl (C=O) groups excluding carboxylic acids is 1. The summed E-state index contributed by atoms with van der Waals surface area (Å²) in [6.07, 6.45) is 1.09. The molecule has 138 valence electrons. The molecule has 0 fully saturated rings. The number of aliphatic hydroxyl groups is 1. The Hall–Kier alpha value is -3.13. The molecule has 8 nitrogen and oxygen atoms in total. The molecule has 26 heavy (non-hydrogen) atoms. The van der Waals surface area contributed by atoms with Gasteiger partial charge in [0.05, 0.1) is 12.5 Å². The molecule has 0 aliphatic carbocycles. The fourth-order valence-electron chi connectivity index (χ4n) is 2.47. The highest BCUT2D eigenvalue weighted by molar-refractivity contribution is 5.91. The molecule has 2 rings (SSSR count). The molecule has 1 amide bonds. The summed E-state index contributed by atoms with van der Waals surface area (Å²) in [5, 5.41) is 30.2. The zero-order valence-electron chi connectivity index (χ0n) is 13.8. The normalized spacial score (nSPS) is 13.0. The van der Waals surface area contributed by atoms with Gasteiger partial charge in [-0.05, 0) is 18.4 Å². The van der Waals surface area contributed by atoms with Gasteiger partial charge in [-0.1, -0.05) is 30.3 Å². The van der Waals surface area contributed by atoms with Crippen molar-refractivity contribution in [2.45, 2.75) is 18.9 Å². The summed E-state index contributed by atoms with van der Waals surface area (Å²) in [5.41, 5.74) is 0.104. The van der Waals surface area contributed by atoms with Crippen LogP contribution in [0.15, 0.2) is 51.9 Å². The number of aliphatic hydroxyl groups excluding tert-OH is 1. The van der Waals surface area contributed by atoms with Crippen LogP contribution in [0.25, 0.3) is 0 Å². The van der Waals surface area contributed by atoms with Crippen LogP contribution >= 0.6 is 0 Å². The number of hydrogen-bond acceptors (Lipinski definition) is 6. The second-order valence-electron chi connectivity index (χ2n) is 5.81. The minimum Gasteiger partial charge on any atom is -0.502 e. The highest BCUT2D eigenvalue weighted by atomic mass is 16.4. The predicted molar refractivity (Wildman–Crippen MR) is 90.9 cm³/mol. The maximum absolute atomic E-state index is 12.3. The first-order chi connectivity index (χ1) is 12.4. The van der Waals surface area contributed by atoms with Gasteiger partial charge in [-0.25, -0.2) is 0 Å². The van der Waals surface area contributed by atoms with Crippen molar-refractivity contribution in [2.24, 2.45) is 5.92 Å². The van der Waals surface area contributed by atoms with E-state index in [4.69, 9.17) is 9.52 Å². The number of hydrogen-bond donors (Lipinski definition) is 4. The van der Waals surface area contributed by atoms with Crippen LogP contribution in [0.5, 0.6) is 5.75 Å². The van der Waals surface area contributed by atoms with Gasteiger partial charge >= 0.3 is 5.97 Å². The van der Waals surface area contributed by atoms with Crippen LogP contribution in [-0.4, -0.2) is 39.8 Å². The molecule has 1 aromatic carbocycles. The van der Waals surface area contributed by atoms with E-state index in [-0.39, 0.29) is 12.2 Å². The number of carboxylic acid groups (broad SMARTS) is 1. The molecule has 1 aromatic heterocycles. The van der Waals surface area contributed by atoms with E-state index in [0.29, 0.717) is 6.42 Å². The fraction of sp³-hybridized carbons (Fsp3) is 0.278. The largest absolute Gasteiger partial charge is 0.502 e. The molecule has 0 aliphatic heterocycles. The highest BCUT2D eigenvalue weighted by Crippen LogP contribution is 2.13. The number of benzene rings is 1. The zero-order chi connectivity index (χ0) is 19.1. The minimum atomic E-state index is -1.17. The molecule has 2 aromatic rings. The van der Waals surface area contributed by atoms with E-state index in [1.165, 1.54) is 0 Å². The van der Waals surface area contributed by atoms with E-state index in [2.05, 4.69) is 5.32 Å². The molecule has 0 saturated heterocycles. The molecule has 0 saturated carbocycles. The average Bonchev–Trinajstić information content (AvgIpc) is 2.62. The Balaban J connectivity index is 2.18. The molecule has 2 unspecified atom stereocenters. The predicted octanol–water partition coefficient (Wildman–Crippen LogP) is 0.770. The van der Waals surface area contributed by atoms with Crippen LogP contribution in [0.4, 0.5) is 0 Å². The topological polar surface area (TPSA) is 137 Å². The number of rotatable bonds is 8. The Morgan fingerprint density at radius 1 is 1.19 bits per heavy atom. The lowest BCUT2D eigenvalue weighted by Crippen LogP contribution is -2.40. The van der Waals surface area contributed by atoms with Crippen molar-refractivity contribution in [3.63, 3.8) is 0 Å². The molecule has 1 heterocycles. The van der Waals surface area contributed by atoms with Gasteiger partial charge in [-0.3, -0.25) is 14.4 Å². The van der Waals surface area contributed by atoms with Crippen molar-refractivity contribution in [1.82, 2.24) is 5.32 Å². The van der Waals surface area contributed by atoms with Gasteiger partial charge in [0.25, 0.3) is 5.91 Å². The number of aliphatic carboxylic acids is 1. The highest BCUT2D eigenvalue weighted by Gasteiger charge is 2.24. The molecule has 0 spiro atoms. The summed E-state index contributed by atoms with van der Waals surface area (Å²) in [5.74, 6) is -3.85. The lowest BCUT2D eigenvalue weighted by molar-refractivity contribution is -0.143. The van der Waals surface area contributed by atoms with Gasteiger partial charge < -0.3 is 25.1 Å². The van der Waals surface area contributed by atoms with E-state index in [0.717, 1.165) is 17.9 Å². The first kappa shape index (κ1) is 19.2. The van der Waals surface area contributed by atoms with E-state index in [9.17, 15) is 24.6 Å². The Morgan fingerprint density at radius 2 is 1.88 bits per heavy atom. The summed E-state index contributed by atoms with van der Waals surface area (Å²) in [6, 6.07) is 9.35. The van der Waals surface area contributed by atoms with E-state index in [1.54, 1.807) is 0 Å². The second-order valence-corrected chi connectivity index (χ2v) is 5.81. The number of carboxylic acids is 1. The molecule has 2 atom stereocenters. The van der Waals surface area contributed by atoms with Crippen molar-refractivity contribution in [2.75, 3.05) is 6.61 Å². The van der Waals surface area contributed by atoms with Crippen LogP contribution in [-0.2, 0) is 11.2 Å². The van der Waals surface area contributed by atoms with E-state index < -0.39 is 41.6 Å². The van der Waals surface area contributed by atoms with Crippen LogP contribution in [0, 0.1) is 5.92 Å². The smallest absolute Gasteiger partial charge is 0.308 e. The van der Waals surface area contributed by atoms with Crippen molar-refractivity contribution in [3.8, 4) is 5.75 Å². The van der Waals surface area contributed by atoms with Crippen LogP contribution in [0.1, 0.15) is 22.5 Å². The SMILES string of the molecule is O=C(NC(Cc1ccccc1)CC(CO)C(=O)O)c1cc(=O)c(O)co1. The molecule has 0 aliphatic rings. The standard InChI is InChI=1S/C18H19NO7/c20-9-12(18(24)25)7-13(6-11-4-2-1-3-5-11)19-17(23)16-8-14(21)15(22)10-26-16/h1-5,8,10,12-13,20,22H,6-7,9H2,(H,19,23)(H,24,25). The maximum atomic E-state index is 12.3. The summed E-state index contributed by atoms with van der Waals surface area (Å²) in [7, 11) is 0. The van der Waals surface area contributed by atoms with Gasteiger partial charge in [0.1, 0.15) is 6.26 Å². The van der Waals surface area contributed by atoms with E-state index >= 15 is 0 Å². The molecule has 4 N–H and O–H groups in total. The van der Waals surface area contributed by atoms with Crippen molar-refractivity contribution >= 4 is 11.9 Å². The first-order valence-corrected chi connectivity index (χ1v) is 7.91. The third-order valence-corrected chi connectivity index (χ3v) is 3.83. The van der Waals surface area contributed by atoms with Gasteiger partial charge in [0, 0.05) is 12.1 Å². The molecule has 0 bridgehead atoms. The van der Waals surface area contributed by atoms with Crippen LogP contribution < -0.4 is 10.7 Å². The number of carbonyl (C=O) groups is 2. The van der Waals surface area contributed by atoms with Gasteiger partial charge in [-0.2, -0.15) is 0 Å². The quantitative estimate of drug-likeness (QED) is 0.545. The molecule has 8 heteroatoms. The van der Waals surface area contributed by atoms with Crippen LogP contribution in [0.2, 0.25) is 0 Å². The lowest BCUT2D eigenvalue weighted by Gasteiger charge is -2.21. The van der Waals surface area contributed by atoms with Gasteiger partial charge in [0.15, 0.2) is 11.5 Å². The van der Waals surface area contributed by atoms with Crippen molar-refractivity contribution in [1.29, 1.82) is 0 Å². The van der Waals surface area contributed by atoms with Gasteiger partial charge in [-0.15, -0.1) is 0 Å². The van der Waals surface area contributed by atoms with Gasteiger partial charge in [0.2, 0.25) is 5.43 Å². The molecule has 0 radical (unpaired) electrons. The summed E-state index contributed by atoms with van der Waals surface area (Å²) in [6.45, 7) is -0.565. The summed E-state index contributed by atoms with van der Waals surface area (Å²) >= 11 is 0. The Kier molecular flexibility index (Phi) is 6.51. The average molecular weight is 361 g/mol. The summed E-state index contributed by atoms with van der Waals surface area (Å²) in [4.78, 5) is 34.9. The molecular weight excluding hydrogens is 342 g/mol. The van der Waals surface area contributed by atoms with E-state index in [1.807, 2.05) is 30.3 Å². The Bertz CT molecular complexity index is 816. The maximum Gasteiger partial charge on any atom is 0.308 e. The summed E-state index contributed by atoms with van der Waals surface area (Å²) < 4.78 is 4.90. The number of nitrogens with one attached hydrogen (secondary N) is 1.